The van der Waals surface area contributed by atoms with Crippen LogP contribution in [0.25, 0.3) is 0 Å². The molecule has 1 saturated heterocycles. The van der Waals surface area contributed by atoms with Crippen LogP contribution >= 0.6 is 0 Å². The summed E-state index contributed by atoms with van der Waals surface area (Å²) in [7, 11) is 0. The second-order valence-electron chi connectivity index (χ2n) is 5.40. The Bertz CT molecular complexity index is 477. The number of nitrogen functional groups attached to an aromatic ring is 1. The van der Waals surface area contributed by atoms with Crippen molar-refractivity contribution in [2.24, 2.45) is 11.8 Å². The van der Waals surface area contributed by atoms with Crippen molar-refractivity contribution in [1.29, 1.82) is 0 Å². The number of halogens is 1. The first kappa shape index (κ1) is 11.5. The number of carbonyl (C=O) groups is 1. The van der Waals surface area contributed by atoms with E-state index < -0.39 is 5.82 Å². The SMILES string of the molecule is Nc1cc(C(=O)N2CC3CCCC3C2)ccc1F. The van der Waals surface area contributed by atoms with Crippen molar-refractivity contribution in [3.8, 4) is 0 Å². The van der Waals surface area contributed by atoms with E-state index in [0.29, 0.717) is 17.4 Å². The Labute approximate surface area is 106 Å². The summed E-state index contributed by atoms with van der Waals surface area (Å²) < 4.78 is 13.1. The Hall–Kier alpha value is -1.58. The summed E-state index contributed by atoms with van der Waals surface area (Å²) in [6.07, 6.45) is 3.76. The van der Waals surface area contributed by atoms with Crippen LogP contribution in [-0.2, 0) is 0 Å². The molecule has 0 bridgehead atoms. The van der Waals surface area contributed by atoms with Crippen molar-refractivity contribution >= 4 is 11.6 Å². The largest absolute Gasteiger partial charge is 0.396 e. The lowest BCUT2D eigenvalue weighted by atomic mass is 10.0. The van der Waals surface area contributed by atoms with E-state index in [1.165, 1.54) is 37.5 Å². The van der Waals surface area contributed by atoms with Gasteiger partial charge in [0.25, 0.3) is 5.91 Å². The molecule has 1 heterocycles. The third-order valence-electron chi connectivity index (χ3n) is 4.26. The van der Waals surface area contributed by atoms with E-state index in [0.717, 1.165) is 13.1 Å². The van der Waals surface area contributed by atoms with Gasteiger partial charge in [-0.15, -0.1) is 0 Å². The van der Waals surface area contributed by atoms with Crippen LogP contribution in [0.3, 0.4) is 0 Å². The van der Waals surface area contributed by atoms with Gasteiger partial charge in [0.05, 0.1) is 5.69 Å². The number of likely N-dealkylation sites (tertiary alicyclic amines) is 1. The summed E-state index contributed by atoms with van der Waals surface area (Å²) in [4.78, 5) is 14.2. The van der Waals surface area contributed by atoms with Gasteiger partial charge in [0, 0.05) is 18.7 Å². The highest BCUT2D eigenvalue weighted by Crippen LogP contribution is 2.38. The lowest BCUT2D eigenvalue weighted by Crippen LogP contribution is -2.29. The van der Waals surface area contributed by atoms with Gasteiger partial charge in [-0.1, -0.05) is 6.42 Å². The standard InChI is InChI=1S/C14H17FN2O/c15-12-5-4-9(6-13(12)16)14(18)17-7-10-2-1-3-11(10)8-17/h4-6,10-11H,1-3,7-8,16H2. The van der Waals surface area contributed by atoms with Gasteiger partial charge in [-0.25, -0.2) is 4.39 Å². The number of fused-ring (bicyclic) bond motifs is 1. The molecule has 2 unspecified atom stereocenters. The third-order valence-corrected chi connectivity index (χ3v) is 4.26. The molecule has 0 radical (unpaired) electrons. The summed E-state index contributed by atoms with van der Waals surface area (Å²) >= 11 is 0. The topological polar surface area (TPSA) is 46.3 Å². The van der Waals surface area contributed by atoms with E-state index >= 15 is 0 Å². The number of nitrogens with two attached hydrogens (primary N) is 1. The van der Waals surface area contributed by atoms with Crippen LogP contribution in [0, 0.1) is 17.7 Å². The molecule has 3 nitrogen and oxygen atoms in total. The van der Waals surface area contributed by atoms with E-state index in [9.17, 15) is 9.18 Å². The number of nitrogens with zero attached hydrogens (tertiary/aromatic N) is 1. The molecule has 1 saturated carbocycles. The molecule has 2 N–H and O–H groups in total. The van der Waals surface area contributed by atoms with Gasteiger partial charge in [0.15, 0.2) is 0 Å². The molecule has 1 aromatic carbocycles. The Balaban J connectivity index is 1.77. The summed E-state index contributed by atoms with van der Waals surface area (Å²) in [6.45, 7) is 1.70. The molecule has 4 heteroatoms. The Morgan fingerprint density at radius 3 is 2.56 bits per heavy atom. The lowest BCUT2D eigenvalue weighted by molar-refractivity contribution is 0.0780. The van der Waals surface area contributed by atoms with Gasteiger partial charge >= 0.3 is 0 Å². The first-order chi connectivity index (χ1) is 8.65. The zero-order valence-corrected chi connectivity index (χ0v) is 10.2. The first-order valence-corrected chi connectivity index (χ1v) is 6.49. The van der Waals surface area contributed by atoms with Gasteiger partial charge in [-0.3, -0.25) is 4.79 Å². The van der Waals surface area contributed by atoms with E-state index in [4.69, 9.17) is 5.73 Å². The average Bonchev–Trinajstić information content (AvgIpc) is 2.92. The molecule has 3 rings (SSSR count). The minimum absolute atomic E-state index is 0.0175. The third kappa shape index (κ3) is 1.85. The second kappa shape index (κ2) is 4.26. The zero-order valence-electron chi connectivity index (χ0n) is 10.2. The first-order valence-electron chi connectivity index (χ1n) is 6.49. The Morgan fingerprint density at radius 1 is 1.28 bits per heavy atom. The number of hydrogen-bond donors (Lipinski definition) is 1. The van der Waals surface area contributed by atoms with E-state index in [2.05, 4.69) is 0 Å². The number of benzene rings is 1. The van der Waals surface area contributed by atoms with E-state index in [-0.39, 0.29) is 11.6 Å². The number of carbonyl (C=O) groups excluding carboxylic acids is 1. The highest BCUT2D eigenvalue weighted by molar-refractivity contribution is 5.95. The van der Waals surface area contributed by atoms with Crippen molar-refractivity contribution in [1.82, 2.24) is 4.90 Å². The molecule has 2 aliphatic rings. The molecule has 1 aromatic rings. The van der Waals surface area contributed by atoms with Crippen LogP contribution in [-0.4, -0.2) is 23.9 Å². The zero-order chi connectivity index (χ0) is 12.7. The summed E-state index contributed by atoms with van der Waals surface area (Å²) in [6, 6.07) is 4.22. The highest BCUT2D eigenvalue weighted by atomic mass is 19.1. The van der Waals surface area contributed by atoms with Crippen LogP contribution in [0.4, 0.5) is 10.1 Å². The molecule has 1 amide bonds. The average molecular weight is 248 g/mol. The normalized spacial score (nSPS) is 26.4. The van der Waals surface area contributed by atoms with Gasteiger partial charge in [-0.2, -0.15) is 0 Å². The molecule has 0 aromatic heterocycles. The van der Waals surface area contributed by atoms with Gasteiger partial charge < -0.3 is 10.6 Å². The van der Waals surface area contributed by atoms with Crippen LogP contribution < -0.4 is 5.73 Å². The van der Waals surface area contributed by atoms with Gasteiger partial charge in [-0.05, 0) is 42.9 Å². The minimum atomic E-state index is -0.468. The minimum Gasteiger partial charge on any atom is -0.396 e. The Kier molecular flexibility index (Phi) is 2.73. The smallest absolute Gasteiger partial charge is 0.253 e. The lowest BCUT2D eigenvalue weighted by Gasteiger charge is -2.17. The fourth-order valence-corrected chi connectivity index (χ4v) is 3.26. The van der Waals surface area contributed by atoms with Crippen molar-refractivity contribution in [2.45, 2.75) is 19.3 Å². The number of anilines is 1. The van der Waals surface area contributed by atoms with E-state index in [1.54, 1.807) is 0 Å². The number of amides is 1. The van der Waals surface area contributed by atoms with Crippen molar-refractivity contribution in [2.75, 3.05) is 18.8 Å². The van der Waals surface area contributed by atoms with E-state index in [1.807, 2.05) is 4.90 Å². The second-order valence-corrected chi connectivity index (χ2v) is 5.40. The summed E-state index contributed by atoms with van der Waals surface area (Å²) in [5.41, 5.74) is 6.04. The van der Waals surface area contributed by atoms with Crippen molar-refractivity contribution in [3.05, 3.63) is 29.6 Å². The quantitative estimate of drug-likeness (QED) is 0.775. The van der Waals surface area contributed by atoms with Crippen LogP contribution in [0.15, 0.2) is 18.2 Å². The predicted molar refractivity (Wildman–Crippen MR) is 67.5 cm³/mol. The number of rotatable bonds is 1. The maximum absolute atomic E-state index is 13.1. The Morgan fingerprint density at radius 2 is 1.94 bits per heavy atom. The molecule has 2 atom stereocenters. The van der Waals surface area contributed by atoms with Gasteiger partial charge in [0.1, 0.15) is 5.82 Å². The fourth-order valence-electron chi connectivity index (χ4n) is 3.26. The van der Waals surface area contributed by atoms with Crippen LogP contribution in [0.5, 0.6) is 0 Å². The maximum atomic E-state index is 13.1. The molecule has 1 aliphatic heterocycles. The molecule has 1 aliphatic carbocycles. The van der Waals surface area contributed by atoms with Crippen LogP contribution in [0.2, 0.25) is 0 Å². The summed E-state index contributed by atoms with van der Waals surface area (Å²) in [5, 5.41) is 0. The summed E-state index contributed by atoms with van der Waals surface area (Å²) in [5.74, 6) is 0.861. The highest BCUT2D eigenvalue weighted by Gasteiger charge is 2.38. The molecular formula is C14H17FN2O. The molecular weight excluding hydrogens is 231 g/mol. The fraction of sp³-hybridized carbons (Fsp3) is 0.500. The molecule has 96 valence electrons. The monoisotopic (exact) mass is 248 g/mol. The van der Waals surface area contributed by atoms with Crippen molar-refractivity contribution in [3.63, 3.8) is 0 Å². The van der Waals surface area contributed by atoms with Gasteiger partial charge in [0.2, 0.25) is 0 Å². The molecule has 18 heavy (non-hydrogen) atoms. The predicted octanol–water partition coefficient (Wildman–Crippen LogP) is 2.28. The maximum Gasteiger partial charge on any atom is 0.253 e. The molecule has 0 spiro atoms. The van der Waals surface area contributed by atoms with Crippen LogP contribution in [0.1, 0.15) is 29.6 Å². The molecule has 2 fully saturated rings. The number of hydrogen-bond acceptors (Lipinski definition) is 2. The van der Waals surface area contributed by atoms with Crippen molar-refractivity contribution < 1.29 is 9.18 Å².